The van der Waals surface area contributed by atoms with Crippen LogP contribution in [0.1, 0.15) is 26.2 Å². The summed E-state index contributed by atoms with van der Waals surface area (Å²) >= 11 is 0. The first-order chi connectivity index (χ1) is 12.6. The minimum Gasteiger partial charge on any atom is -0.314 e. The highest BCUT2D eigenvalue weighted by Gasteiger charge is 2.64. The lowest BCUT2D eigenvalue weighted by molar-refractivity contribution is -0.397. The van der Waals surface area contributed by atoms with Crippen LogP contribution in [-0.2, 0) is 23.8 Å². The van der Waals surface area contributed by atoms with Gasteiger partial charge in [0.05, 0.1) is 0 Å². The molecule has 17 heteroatoms. The van der Waals surface area contributed by atoms with Gasteiger partial charge in [0, 0.05) is 12.8 Å². The Balaban J connectivity index is 2.80. The van der Waals surface area contributed by atoms with Crippen LogP contribution in [0.5, 0.6) is 0 Å². The molecule has 0 heterocycles. The maximum Gasteiger partial charge on any atom is 0.523 e. The molecule has 5 nitrogen and oxygen atoms in total. The Labute approximate surface area is 156 Å². The molecule has 0 aromatic rings. The lowest BCUT2D eigenvalue weighted by atomic mass is 9.86. The molecule has 1 saturated carbocycles. The third-order valence-corrected chi connectivity index (χ3v) is 4.43. The van der Waals surface area contributed by atoms with Crippen molar-refractivity contribution in [3.8, 4) is 0 Å². The van der Waals surface area contributed by atoms with Crippen molar-refractivity contribution in [2.24, 2.45) is 0 Å². The summed E-state index contributed by atoms with van der Waals surface area (Å²) in [5.41, 5.74) is -6.12. The summed E-state index contributed by atoms with van der Waals surface area (Å²) in [6.07, 6.45) is -19.9. The van der Waals surface area contributed by atoms with Gasteiger partial charge >= 0.3 is 27.8 Å². The minimum atomic E-state index is -6.54. The van der Waals surface area contributed by atoms with Gasteiger partial charge in [-0.3, -0.25) is 4.18 Å². The fourth-order valence-electron chi connectivity index (χ4n) is 1.98. The lowest BCUT2D eigenvalue weighted by Crippen LogP contribution is -2.62. The third kappa shape index (κ3) is 7.06. The van der Waals surface area contributed by atoms with Gasteiger partial charge in [-0.2, -0.15) is 39.2 Å². The molecular formula is C12H13F11O5S. The van der Waals surface area contributed by atoms with E-state index in [1.165, 1.54) is 0 Å². The number of ether oxygens (including phenoxy) is 2. The molecule has 0 aromatic carbocycles. The second-order valence-corrected chi connectivity index (χ2v) is 7.59. The standard InChI is InChI=1S/C12H13F11O5S/c1-2-10(17,18)27-6-3-9(15,16)7(6)28-11(19,20)4-8(13,14)5-26-29(24,25)12(21,22)23/h6-7H,2-5H2,1H3. The molecule has 0 radical (unpaired) electrons. The van der Waals surface area contributed by atoms with E-state index in [2.05, 4.69) is 13.7 Å². The van der Waals surface area contributed by atoms with Crippen LogP contribution < -0.4 is 0 Å². The molecule has 0 N–H and O–H groups in total. The summed E-state index contributed by atoms with van der Waals surface area (Å²) < 4.78 is 174. The molecule has 2 unspecified atom stereocenters. The van der Waals surface area contributed by atoms with E-state index in [4.69, 9.17) is 0 Å². The Kier molecular flexibility index (Phi) is 7.16. The predicted molar refractivity (Wildman–Crippen MR) is 70.0 cm³/mol. The zero-order valence-electron chi connectivity index (χ0n) is 14.1. The van der Waals surface area contributed by atoms with Gasteiger partial charge in [0.2, 0.25) is 0 Å². The summed E-state index contributed by atoms with van der Waals surface area (Å²) in [7, 11) is -6.54. The van der Waals surface area contributed by atoms with Crippen molar-refractivity contribution in [1.82, 2.24) is 0 Å². The smallest absolute Gasteiger partial charge is 0.314 e. The number of hydrogen-bond acceptors (Lipinski definition) is 5. The summed E-state index contributed by atoms with van der Waals surface area (Å²) in [6, 6.07) is 0. The van der Waals surface area contributed by atoms with Gasteiger partial charge in [0.1, 0.15) is 19.1 Å². The van der Waals surface area contributed by atoms with Crippen LogP contribution in [0.4, 0.5) is 48.3 Å². The van der Waals surface area contributed by atoms with Gasteiger partial charge in [-0.25, -0.2) is 17.6 Å². The zero-order valence-corrected chi connectivity index (χ0v) is 14.9. The van der Waals surface area contributed by atoms with Crippen molar-refractivity contribution >= 4 is 10.1 Å². The quantitative estimate of drug-likeness (QED) is 0.267. The molecule has 174 valence electrons. The van der Waals surface area contributed by atoms with Gasteiger partial charge in [-0.05, 0) is 0 Å². The second-order valence-electron chi connectivity index (χ2n) is 5.98. The maximum absolute atomic E-state index is 13.6. The molecule has 1 aliphatic carbocycles. The topological polar surface area (TPSA) is 61.8 Å². The van der Waals surface area contributed by atoms with Crippen molar-refractivity contribution < 1.29 is 70.4 Å². The van der Waals surface area contributed by atoms with E-state index in [9.17, 15) is 56.7 Å². The van der Waals surface area contributed by atoms with E-state index in [0.29, 0.717) is 0 Å². The second kappa shape index (κ2) is 7.96. The largest absolute Gasteiger partial charge is 0.523 e. The number of halogens is 11. The van der Waals surface area contributed by atoms with Crippen LogP contribution in [0.2, 0.25) is 0 Å². The SMILES string of the molecule is CCC(F)(F)OC1CC(F)(F)C1OC(F)(F)CC(F)(F)COS(=O)(=O)C(F)(F)F. The summed E-state index contributed by atoms with van der Waals surface area (Å²) in [5.74, 6) is -9.14. The number of rotatable bonds is 10. The molecule has 1 fully saturated rings. The summed E-state index contributed by atoms with van der Waals surface area (Å²) in [4.78, 5) is 0. The molecule has 0 aromatic heterocycles. The minimum absolute atomic E-state index is 0.872. The Morgan fingerprint density at radius 3 is 1.86 bits per heavy atom. The van der Waals surface area contributed by atoms with Crippen LogP contribution >= 0.6 is 0 Å². The predicted octanol–water partition coefficient (Wildman–Crippen LogP) is 4.28. The van der Waals surface area contributed by atoms with Gasteiger partial charge < -0.3 is 9.47 Å². The molecule has 29 heavy (non-hydrogen) atoms. The van der Waals surface area contributed by atoms with Crippen molar-refractivity contribution in [2.45, 2.75) is 68.0 Å². The molecule has 1 rings (SSSR count). The molecule has 0 aliphatic heterocycles. The monoisotopic (exact) mass is 478 g/mol. The highest BCUT2D eigenvalue weighted by molar-refractivity contribution is 7.87. The third-order valence-electron chi connectivity index (χ3n) is 3.44. The van der Waals surface area contributed by atoms with Crippen molar-refractivity contribution in [1.29, 1.82) is 0 Å². The molecule has 0 amide bonds. The van der Waals surface area contributed by atoms with Crippen LogP contribution in [0, 0.1) is 0 Å². The van der Waals surface area contributed by atoms with Gasteiger partial charge in [0.15, 0.2) is 6.10 Å². The normalized spacial score (nSPS) is 23.7. The van der Waals surface area contributed by atoms with Crippen molar-refractivity contribution in [3.05, 3.63) is 0 Å². The van der Waals surface area contributed by atoms with Gasteiger partial charge in [-0.15, -0.1) is 0 Å². The Morgan fingerprint density at radius 1 is 0.931 bits per heavy atom. The van der Waals surface area contributed by atoms with E-state index in [-0.39, 0.29) is 0 Å². The van der Waals surface area contributed by atoms with E-state index in [0.717, 1.165) is 6.92 Å². The van der Waals surface area contributed by atoms with E-state index >= 15 is 0 Å². The highest BCUT2D eigenvalue weighted by atomic mass is 32.2. The number of alkyl halides is 11. The highest BCUT2D eigenvalue weighted by Crippen LogP contribution is 2.47. The maximum atomic E-state index is 13.6. The van der Waals surface area contributed by atoms with Crippen LogP contribution in [0.3, 0.4) is 0 Å². The van der Waals surface area contributed by atoms with Crippen molar-refractivity contribution in [3.63, 3.8) is 0 Å². The molecule has 0 bridgehead atoms. The average Bonchev–Trinajstić information content (AvgIpc) is 2.48. The Morgan fingerprint density at radius 2 is 1.45 bits per heavy atom. The van der Waals surface area contributed by atoms with Crippen molar-refractivity contribution in [2.75, 3.05) is 6.61 Å². The molecular weight excluding hydrogens is 465 g/mol. The van der Waals surface area contributed by atoms with Gasteiger partial charge in [0.25, 0.3) is 11.8 Å². The van der Waals surface area contributed by atoms with Crippen LogP contribution in [0.15, 0.2) is 0 Å². The fourth-order valence-corrected chi connectivity index (χ4v) is 2.44. The molecule has 0 saturated heterocycles. The fraction of sp³-hybridized carbons (Fsp3) is 1.00. The van der Waals surface area contributed by atoms with E-state index < -0.39 is 77.8 Å². The number of hydrogen-bond donors (Lipinski definition) is 0. The Bertz CT molecular complexity index is 676. The first kappa shape index (κ1) is 26.1. The summed E-state index contributed by atoms with van der Waals surface area (Å²) in [5, 5.41) is 0. The molecule has 1 aliphatic rings. The van der Waals surface area contributed by atoms with Crippen LogP contribution in [-0.4, -0.2) is 56.8 Å². The van der Waals surface area contributed by atoms with Crippen LogP contribution in [0.25, 0.3) is 0 Å². The summed E-state index contributed by atoms with van der Waals surface area (Å²) in [6.45, 7) is -1.83. The zero-order chi connectivity index (χ0) is 23.1. The van der Waals surface area contributed by atoms with E-state index in [1.807, 2.05) is 0 Å². The molecule has 0 spiro atoms. The van der Waals surface area contributed by atoms with E-state index in [1.54, 1.807) is 0 Å². The first-order valence-electron chi connectivity index (χ1n) is 7.46. The molecule has 2 atom stereocenters. The average molecular weight is 478 g/mol. The first-order valence-corrected chi connectivity index (χ1v) is 8.86. The lowest BCUT2D eigenvalue weighted by Gasteiger charge is -2.45. The van der Waals surface area contributed by atoms with Gasteiger partial charge in [-0.1, -0.05) is 6.92 Å². The Hall–Kier alpha value is -0.940.